The van der Waals surface area contributed by atoms with Crippen LogP contribution in [0.4, 0.5) is 5.69 Å². The standard InChI is InChI=1S/C14H13NO4/c15-10-4-5-12(14(17)18)13(7-10)19-8-9-2-1-3-11(16)6-9/h1-7,16H,8,15H2,(H,17,18). The molecule has 0 saturated heterocycles. The molecule has 0 aromatic heterocycles. The molecule has 0 spiro atoms. The fourth-order valence-electron chi connectivity index (χ4n) is 1.64. The van der Waals surface area contributed by atoms with Gasteiger partial charge in [0.2, 0.25) is 0 Å². The van der Waals surface area contributed by atoms with Crippen molar-refractivity contribution < 1.29 is 19.7 Å². The highest BCUT2D eigenvalue weighted by molar-refractivity contribution is 5.91. The monoisotopic (exact) mass is 259 g/mol. The molecule has 0 heterocycles. The average molecular weight is 259 g/mol. The van der Waals surface area contributed by atoms with Gasteiger partial charge in [0.15, 0.2) is 0 Å². The number of nitrogen functional groups attached to an aromatic ring is 1. The predicted octanol–water partition coefficient (Wildman–Crippen LogP) is 2.25. The van der Waals surface area contributed by atoms with Gasteiger partial charge in [-0.05, 0) is 29.8 Å². The molecular formula is C14H13NO4. The molecule has 0 unspecified atom stereocenters. The third-order valence-electron chi connectivity index (χ3n) is 2.54. The van der Waals surface area contributed by atoms with Gasteiger partial charge in [-0.2, -0.15) is 0 Å². The van der Waals surface area contributed by atoms with Crippen molar-refractivity contribution in [3.63, 3.8) is 0 Å². The first-order chi connectivity index (χ1) is 9.06. The van der Waals surface area contributed by atoms with E-state index in [0.29, 0.717) is 5.69 Å². The minimum atomic E-state index is -1.08. The zero-order chi connectivity index (χ0) is 13.8. The summed E-state index contributed by atoms with van der Waals surface area (Å²) in [7, 11) is 0. The lowest BCUT2D eigenvalue weighted by Crippen LogP contribution is -2.04. The number of anilines is 1. The second-order valence-corrected chi connectivity index (χ2v) is 4.02. The number of carbonyl (C=O) groups is 1. The van der Waals surface area contributed by atoms with E-state index in [1.165, 1.54) is 18.2 Å². The van der Waals surface area contributed by atoms with Crippen molar-refractivity contribution in [2.24, 2.45) is 0 Å². The molecule has 5 nitrogen and oxygen atoms in total. The molecule has 0 atom stereocenters. The SMILES string of the molecule is Nc1ccc(C(=O)O)c(OCc2cccc(O)c2)c1. The smallest absolute Gasteiger partial charge is 0.339 e. The maximum absolute atomic E-state index is 11.0. The summed E-state index contributed by atoms with van der Waals surface area (Å²) in [5, 5.41) is 18.4. The minimum Gasteiger partial charge on any atom is -0.508 e. The lowest BCUT2D eigenvalue weighted by molar-refractivity contribution is 0.0692. The summed E-state index contributed by atoms with van der Waals surface area (Å²) >= 11 is 0. The Balaban J connectivity index is 2.19. The van der Waals surface area contributed by atoms with Crippen LogP contribution in [0.3, 0.4) is 0 Å². The van der Waals surface area contributed by atoms with Crippen LogP contribution in [0.25, 0.3) is 0 Å². The Morgan fingerprint density at radius 3 is 2.68 bits per heavy atom. The van der Waals surface area contributed by atoms with Gasteiger partial charge in [-0.1, -0.05) is 12.1 Å². The maximum atomic E-state index is 11.0. The number of nitrogens with two attached hydrogens (primary N) is 1. The van der Waals surface area contributed by atoms with Crippen LogP contribution in [0.15, 0.2) is 42.5 Å². The van der Waals surface area contributed by atoms with Crippen LogP contribution in [0, 0.1) is 0 Å². The zero-order valence-electron chi connectivity index (χ0n) is 10.0. The lowest BCUT2D eigenvalue weighted by atomic mass is 10.2. The lowest BCUT2D eigenvalue weighted by Gasteiger charge is -2.10. The molecule has 19 heavy (non-hydrogen) atoms. The number of carboxylic acid groups (broad SMARTS) is 1. The Kier molecular flexibility index (Phi) is 3.56. The van der Waals surface area contributed by atoms with Crippen LogP contribution in [-0.2, 0) is 6.61 Å². The largest absolute Gasteiger partial charge is 0.508 e. The molecule has 0 aliphatic carbocycles. The van der Waals surface area contributed by atoms with Gasteiger partial charge in [-0.15, -0.1) is 0 Å². The van der Waals surface area contributed by atoms with E-state index in [-0.39, 0.29) is 23.7 Å². The quantitative estimate of drug-likeness (QED) is 0.732. The Morgan fingerprint density at radius 2 is 2.00 bits per heavy atom. The molecule has 0 aliphatic rings. The molecule has 0 amide bonds. The normalized spacial score (nSPS) is 10.1. The highest BCUT2D eigenvalue weighted by Crippen LogP contribution is 2.23. The molecule has 5 heteroatoms. The highest BCUT2D eigenvalue weighted by Gasteiger charge is 2.11. The van der Waals surface area contributed by atoms with Gasteiger partial charge < -0.3 is 20.7 Å². The number of hydrogen-bond donors (Lipinski definition) is 3. The van der Waals surface area contributed by atoms with E-state index in [4.69, 9.17) is 15.6 Å². The number of hydrogen-bond acceptors (Lipinski definition) is 4. The predicted molar refractivity (Wildman–Crippen MR) is 70.3 cm³/mol. The summed E-state index contributed by atoms with van der Waals surface area (Å²) < 4.78 is 5.45. The van der Waals surface area contributed by atoms with Gasteiger partial charge in [0.05, 0.1) is 0 Å². The molecule has 4 N–H and O–H groups in total. The van der Waals surface area contributed by atoms with E-state index in [0.717, 1.165) is 5.56 Å². The van der Waals surface area contributed by atoms with Gasteiger partial charge in [0.1, 0.15) is 23.7 Å². The molecule has 0 fully saturated rings. The van der Waals surface area contributed by atoms with Gasteiger partial charge in [0.25, 0.3) is 0 Å². The average Bonchev–Trinajstić information content (AvgIpc) is 2.36. The Hall–Kier alpha value is -2.69. The Morgan fingerprint density at radius 1 is 1.21 bits per heavy atom. The second kappa shape index (κ2) is 5.30. The Labute approximate surface area is 109 Å². The summed E-state index contributed by atoms with van der Waals surface area (Å²) in [6.07, 6.45) is 0. The van der Waals surface area contributed by atoms with Gasteiger partial charge >= 0.3 is 5.97 Å². The fourth-order valence-corrected chi connectivity index (χ4v) is 1.64. The number of carboxylic acids is 1. The number of rotatable bonds is 4. The van der Waals surface area contributed by atoms with Crippen LogP contribution < -0.4 is 10.5 Å². The Bertz CT molecular complexity index is 610. The van der Waals surface area contributed by atoms with Crippen molar-refractivity contribution in [3.8, 4) is 11.5 Å². The third-order valence-corrected chi connectivity index (χ3v) is 2.54. The van der Waals surface area contributed by atoms with Crippen LogP contribution in [-0.4, -0.2) is 16.2 Å². The molecule has 0 aliphatic heterocycles. The number of ether oxygens (including phenoxy) is 1. The van der Waals surface area contributed by atoms with Gasteiger partial charge in [-0.25, -0.2) is 4.79 Å². The first kappa shape index (κ1) is 12.8. The van der Waals surface area contributed by atoms with E-state index < -0.39 is 5.97 Å². The number of aromatic carboxylic acids is 1. The van der Waals surface area contributed by atoms with Crippen molar-refractivity contribution >= 4 is 11.7 Å². The molecule has 2 aromatic carbocycles. The molecule has 2 rings (SSSR count). The first-order valence-electron chi connectivity index (χ1n) is 5.60. The van der Waals surface area contributed by atoms with Crippen molar-refractivity contribution in [2.45, 2.75) is 6.61 Å². The highest BCUT2D eigenvalue weighted by atomic mass is 16.5. The zero-order valence-corrected chi connectivity index (χ0v) is 10.0. The first-order valence-corrected chi connectivity index (χ1v) is 5.60. The maximum Gasteiger partial charge on any atom is 0.339 e. The molecular weight excluding hydrogens is 246 g/mol. The number of phenols is 1. The number of aromatic hydroxyl groups is 1. The molecule has 0 bridgehead atoms. The van der Waals surface area contributed by atoms with Crippen molar-refractivity contribution in [1.82, 2.24) is 0 Å². The van der Waals surface area contributed by atoms with E-state index in [9.17, 15) is 9.90 Å². The van der Waals surface area contributed by atoms with E-state index in [1.807, 2.05) is 0 Å². The minimum absolute atomic E-state index is 0.0503. The summed E-state index contributed by atoms with van der Waals surface area (Å²) in [6.45, 7) is 0.151. The molecule has 0 saturated carbocycles. The topological polar surface area (TPSA) is 92.8 Å². The summed E-state index contributed by atoms with van der Waals surface area (Å²) in [6, 6.07) is 10.9. The third kappa shape index (κ3) is 3.16. The van der Waals surface area contributed by atoms with E-state index in [1.54, 1.807) is 24.3 Å². The van der Waals surface area contributed by atoms with Crippen molar-refractivity contribution in [1.29, 1.82) is 0 Å². The van der Waals surface area contributed by atoms with Crippen molar-refractivity contribution in [2.75, 3.05) is 5.73 Å². The molecule has 0 radical (unpaired) electrons. The van der Waals surface area contributed by atoms with E-state index in [2.05, 4.69) is 0 Å². The van der Waals surface area contributed by atoms with E-state index >= 15 is 0 Å². The fraction of sp³-hybridized carbons (Fsp3) is 0.0714. The van der Waals surface area contributed by atoms with Crippen LogP contribution in [0.5, 0.6) is 11.5 Å². The summed E-state index contributed by atoms with van der Waals surface area (Å²) in [4.78, 5) is 11.0. The van der Waals surface area contributed by atoms with Crippen LogP contribution in [0.1, 0.15) is 15.9 Å². The number of phenolic OH excluding ortho intramolecular Hbond substituents is 1. The molecule has 2 aromatic rings. The van der Waals surface area contributed by atoms with Crippen LogP contribution >= 0.6 is 0 Å². The van der Waals surface area contributed by atoms with Gasteiger partial charge in [0, 0.05) is 11.8 Å². The molecule has 98 valence electrons. The van der Waals surface area contributed by atoms with Crippen molar-refractivity contribution in [3.05, 3.63) is 53.6 Å². The summed E-state index contributed by atoms with van der Waals surface area (Å²) in [5.74, 6) is -0.742. The summed E-state index contributed by atoms with van der Waals surface area (Å²) in [5.41, 5.74) is 6.82. The second-order valence-electron chi connectivity index (χ2n) is 4.02. The van der Waals surface area contributed by atoms with Gasteiger partial charge in [-0.3, -0.25) is 0 Å². The number of benzene rings is 2. The van der Waals surface area contributed by atoms with Crippen LogP contribution in [0.2, 0.25) is 0 Å².